The van der Waals surface area contributed by atoms with Crippen LogP contribution in [0.15, 0.2) is 35.2 Å². The molecule has 2 fully saturated rings. The highest BCUT2D eigenvalue weighted by atomic mass is 32.2. The van der Waals surface area contributed by atoms with Crippen LogP contribution in [0.2, 0.25) is 0 Å². The van der Waals surface area contributed by atoms with Gasteiger partial charge in [0.2, 0.25) is 0 Å². The van der Waals surface area contributed by atoms with Crippen LogP contribution in [0.1, 0.15) is 20.3 Å². The van der Waals surface area contributed by atoms with E-state index in [1.165, 1.54) is 7.11 Å². The van der Waals surface area contributed by atoms with Crippen molar-refractivity contribution in [3.05, 3.63) is 30.3 Å². The summed E-state index contributed by atoms with van der Waals surface area (Å²) in [6.07, 6.45) is -1.20. The molecule has 3 rings (SSSR count). The van der Waals surface area contributed by atoms with Crippen LogP contribution in [0.25, 0.3) is 0 Å². The zero-order valence-electron chi connectivity index (χ0n) is 13.5. The predicted octanol–water partition coefficient (Wildman–Crippen LogP) is 2.22. The molecule has 1 saturated carbocycles. The standard InChI is InChI=1S/C17H22O5S/c1-17(2)21-13-12(18)9-11(16(19)20-3)15(14(13)22-17)23-10-7-5-4-6-8-10/h4-8,11-15,18H,9H2,1-3H3/t11-,12-,13-,14-,15-/m0/s1. The first kappa shape index (κ1) is 16.8. The van der Waals surface area contributed by atoms with Gasteiger partial charge in [0.1, 0.15) is 12.2 Å². The summed E-state index contributed by atoms with van der Waals surface area (Å²) in [5.41, 5.74) is 0. The van der Waals surface area contributed by atoms with E-state index in [4.69, 9.17) is 14.2 Å². The van der Waals surface area contributed by atoms with E-state index >= 15 is 0 Å². The molecule has 0 bridgehead atoms. The first-order chi connectivity index (χ1) is 10.9. The molecule has 1 aromatic rings. The van der Waals surface area contributed by atoms with Gasteiger partial charge < -0.3 is 19.3 Å². The molecule has 0 unspecified atom stereocenters. The number of carbonyl (C=O) groups excluding carboxylic acids is 1. The maximum absolute atomic E-state index is 12.2. The molecular weight excluding hydrogens is 316 g/mol. The topological polar surface area (TPSA) is 65.0 Å². The smallest absolute Gasteiger partial charge is 0.310 e. The fourth-order valence-electron chi connectivity index (χ4n) is 3.31. The van der Waals surface area contributed by atoms with E-state index in [1.54, 1.807) is 11.8 Å². The van der Waals surface area contributed by atoms with Crippen molar-refractivity contribution >= 4 is 17.7 Å². The van der Waals surface area contributed by atoms with Gasteiger partial charge in [-0.1, -0.05) is 18.2 Å². The van der Waals surface area contributed by atoms with E-state index in [1.807, 2.05) is 44.2 Å². The molecule has 1 aliphatic heterocycles. The Morgan fingerprint density at radius 3 is 2.57 bits per heavy atom. The molecule has 1 aliphatic carbocycles. The summed E-state index contributed by atoms with van der Waals surface area (Å²) < 4.78 is 16.8. The van der Waals surface area contributed by atoms with E-state index in [0.29, 0.717) is 6.42 Å². The number of thioether (sulfide) groups is 1. The van der Waals surface area contributed by atoms with Crippen molar-refractivity contribution in [1.29, 1.82) is 0 Å². The lowest BCUT2D eigenvalue weighted by molar-refractivity contribution is -0.153. The molecule has 0 aromatic heterocycles. The molecule has 0 radical (unpaired) electrons. The highest BCUT2D eigenvalue weighted by Crippen LogP contribution is 2.46. The summed E-state index contributed by atoms with van der Waals surface area (Å²) >= 11 is 1.58. The van der Waals surface area contributed by atoms with Crippen molar-refractivity contribution < 1.29 is 24.1 Å². The van der Waals surface area contributed by atoms with Crippen molar-refractivity contribution in [2.75, 3.05) is 7.11 Å². The minimum atomic E-state index is -0.767. The number of aliphatic hydroxyl groups is 1. The number of benzene rings is 1. The molecule has 6 heteroatoms. The fourth-order valence-corrected chi connectivity index (χ4v) is 4.67. The SMILES string of the molecule is COC(=O)[C@H]1C[C@H](O)[C@@H]2OC(C)(C)O[C@@H]2[C@H]1Sc1ccccc1. The number of aliphatic hydroxyl groups excluding tert-OH is 1. The Kier molecular flexibility index (Phi) is 4.69. The van der Waals surface area contributed by atoms with E-state index in [2.05, 4.69) is 0 Å². The number of rotatable bonds is 3. The van der Waals surface area contributed by atoms with Crippen molar-refractivity contribution in [2.24, 2.45) is 5.92 Å². The second-order valence-electron chi connectivity index (χ2n) is 6.39. The third-order valence-corrected chi connectivity index (χ3v) is 5.69. The normalized spacial score (nSPS) is 35.6. The Morgan fingerprint density at radius 2 is 1.91 bits per heavy atom. The molecule has 2 aliphatic rings. The zero-order chi connectivity index (χ0) is 16.6. The highest BCUT2D eigenvalue weighted by Gasteiger charge is 2.56. The second kappa shape index (κ2) is 6.43. The molecule has 1 heterocycles. The molecule has 0 spiro atoms. The molecule has 5 nitrogen and oxygen atoms in total. The van der Waals surface area contributed by atoms with Crippen molar-refractivity contribution in [3.8, 4) is 0 Å². The van der Waals surface area contributed by atoms with Gasteiger partial charge in [0.05, 0.1) is 24.4 Å². The van der Waals surface area contributed by atoms with Gasteiger partial charge in [-0.3, -0.25) is 4.79 Å². The van der Waals surface area contributed by atoms with Crippen molar-refractivity contribution in [3.63, 3.8) is 0 Å². The van der Waals surface area contributed by atoms with E-state index in [9.17, 15) is 9.90 Å². The molecular formula is C17H22O5S. The van der Waals surface area contributed by atoms with Crippen LogP contribution in [0.4, 0.5) is 0 Å². The van der Waals surface area contributed by atoms with Crippen LogP contribution in [0.3, 0.4) is 0 Å². The van der Waals surface area contributed by atoms with Gasteiger partial charge in [0, 0.05) is 4.90 Å². The van der Waals surface area contributed by atoms with Crippen molar-refractivity contribution in [1.82, 2.24) is 0 Å². The Balaban J connectivity index is 1.90. The minimum Gasteiger partial charge on any atom is -0.469 e. The summed E-state index contributed by atoms with van der Waals surface area (Å²) in [7, 11) is 1.38. The Morgan fingerprint density at radius 1 is 1.26 bits per heavy atom. The minimum absolute atomic E-state index is 0.167. The molecule has 23 heavy (non-hydrogen) atoms. The van der Waals surface area contributed by atoms with Gasteiger partial charge in [-0.25, -0.2) is 0 Å². The number of fused-ring (bicyclic) bond motifs is 1. The number of ether oxygens (including phenoxy) is 3. The van der Waals surface area contributed by atoms with E-state index < -0.39 is 23.9 Å². The quantitative estimate of drug-likeness (QED) is 0.853. The second-order valence-corrected chi connectivity index (χ2v) is 7.64. The molecule has 1 saturated heterocycles. The molecule has 1 N–H and O–H groups in total. The number of esters is 1. The van der Waals surface area contributed by atoms with Gasteiger partial charge in [-0.2, -0.15) is 0 Å². The predicted molar refractivity (Wildman–Crippen MR) is 86.0 cm³/mol. The third-order valence-electron chi connectivity index (χ3n) is 4.28. The average Bonchev–Trinajstić information content (AvgIpc) is 2.86. The maximum atomic E-state index is 12.2. The molecule has 1 aromatic carbocycles. The Hall–Kier alpha value is -1.08. The van der Waals surface area contributed by atoms with Crippen LogP contribution in [0.5, 0.6) is 0 Å². The van der Waals surface area contributed by atoms with Crippen LogP contribution >= 0.6 is 11.8 Å². The summed E-state index contributed by atoms with van der Waals surface area (Å²) in [6, 6.07) is 9.87. The van der Waals surface area contributed by atoms with Gasteiger partial charge in [-0.05, 0) is 32.4 Å². The van der Waals surface area contributed by atoms with Crippen molar-refractivity contribution in [2.45, 2.75) is 54.5 Å². The summed E-state index contributed by atoms with van der Waals surface area (Å²) in [5.74, 6) is -1.51. The first-order valence-corrected chi connectivity index (χ1v) is 8.62. The lowest BCUT2D eigenvalue weighted by Gasteiger charge is -2.38. The van der Waals surface area contributed by atoms with Gasteiger partial charge in [-0.15, -0.1) is 11.8 Å². The van der Waals surface area contributed by atoms with Gasteiger partial charge in [0.15, 0.2) is 5.79 Å². The van der Waals surface area contributed by atoms with E-state index in [0.717, 1.165) is 4.90 Å². The van der Waals surface area contributed by atoms with E-state index in [-0.39, 0.29) is 17.3 Å². The number of hydrogen-bond donors (Lipinski definition) is 1. The molecule has 126 valence electrons. The zero-order valence-corrected chi connectivity index (χ0v) is 14.3. The van der Waals surface area contributed by atoms with Gasteiger partial charge >= 0.3 is 5.97 Å². The lowest BCUT2D eigenvalue weighted by Crippen LogP contribution is -2.52. The van der Waals surface area contributed by atoms with Crippen LogP contribution in [0, 0.1) is 5.92 Å². The Bertz CT molecular complexity index is 561. The number of carbonyl (C=O) groups is 1. The highest BCUT2D eigenvalue weighted by molar-refractivity contribution is 8.00. The summed E-state index contributed by atoms with van der Waals surface area (Å²) in [4.78, 5) is 13.3. The molecule has 5 atom stereocenters. The monoisotopic (exact) mass is 338 g/mol. The number of hydrogen-bond acceptors (Lipinski definition) is 6. The summed E-state index contributed by atoms with van der Waals surface area (Å²) in [6.45, 7) is 3.66. The summed E-state index contributed by atoms with van der Waals surface area (Å²) in [5, 5.41) is 10.2. The Labute approximate surface area is 140 Å². The van der Waals surface area contributed by atoms with Crippen LogP contribution < -0.4 is 0 Å². The maximum Gasteiger partial charge on any atom is 0.310 e. The molecule has 0 amide bonds. The first-order valence-electron chi connectivity index (χ1n) is 7.74. The van der Waals surface area contributed by atoms with Crippen LogP contribution in [-0.4, -0.2) is 47.5 Å². The lowest BCUT2D eigenvalue weighted by atomic mass is 9.83. The number of methoxy groups -OCH3 is 1. The van der Waals surface area contributed by atoms with Crippen LogP contribution in [-0.2, 0) is 19.0 Å². The van der Waals surface area contributed by atoms with Gasteiger partial charge in [0.25, 0.3) is 0 Å². The third kappa shape index (κ3) is 3.40. The largest absolute Gasteiger partial charge is 0.469 e. The fraction of sp³-hybridized carbons (Fsp3) is 0.588. The average molecular weight is 338 g/mol.